The number of rotatable bonds is 3. The second-order valence-corrected chi connectivity index (χ2v) is 5.89. The summed E-state index contributed by atoms with van der Waals surface area (Å²) >= 11 is 0. The Balaban J connectivity index is 2.11. The fourth-order valence-electron chi connectivity index (χ4n) is 2.96. The third-order valence-corrected chi connectivity index (χ3v) is 4.14. The van der Waals surface area contributed by atoms with Crippen molar-refractivity contribution in [3.8, 4) is 0 Å². The Bertz CT molecular complexity index is 362. The summed E-state index contributed by atoms with van der Waals surface area (Å²) in [5.41, 5.74) is 2.24. The third kappa shape index (κ3) is 2.68. The van der Waals surface area contributed by atoms with Crippen molar-refractivity contribution >= 4 is 0 Å². The van der Waals surface area contributed by atoms with E-state index in [2.05, 4.69) is 26.0 Å². The molecule has 4 atom stereocenters. The summed E-state index contributed by atoms with van der Waals surface area (Å²) in [5, 5.41) is 20.0. The first-order chi connectivity index (χ1) is 8.46. The van der Waals surface area contributed by atoms with Gasteiger partial charge in [0, 0.05) is 5.92 Å². The lowest BCUT2D eigenvalue weighted by Crippen LogP contribution is -2.47. The normalized spacial score (nSPS) is 39.8. The van der Waals surface area contributed by atoms with Gasteiger partial charge >= 0.3 is 0 Å². The van der Waals surface area contributed by atoms with Crippen molar-refractivity contribution in [1.29, 1.82) is 0 Å². The van der Waals surface area contributed by atoms with Gasteiger partial charge in [0.1, 0.15) is 5.60 Å². The molecule has 3 heteroatoms. The molecule has 1 heterocycles. The highest BCUT2D eigenvalue weighted by atomic mass is 16.6. The van der Waals surface area contributed by atoms with Crippen LogP contribution in [0.2, 0.25) is 0 Å². The first-order valence-corrected chi connectivity index (χ1v) is 6.76. The van der Waals surface area contributed by atoms with Crippen LogP contribution in [0.3, 0.4) is 0 Å². The molecule has 2 fully saturated rings. The molecule has 2 aliphatic rings. The number of hydrogen-bond donors (Lipinski definition) is 2. The molecule has 0 aromatic heterocycles. The van der Waals surface area contributed by atoms with Crippen molar-refractivity contribution in [2.75, 3.05) is 6.61 Å². The van der Waals surface area contributed by atoms with Crippen LogP contribution in [0.4, 0.5) is 0 Å². The third-order valence-electron chi connectivity index (χ3n) is 4.14. The van der Waals surface area contributed by atoms with Crippen LogP contribution in [-0.4, -0.2) is 34.6 Å². The maximum absolute atomic E-state index is 10.2. The predicted molar refractivity (Wildman–Crippen MR) is 71.2 cm³/mol. The minimum absolute atomic E-state index is 0.0492. The predicted octanol–water partition coefficient (Wildman–Crippen LogP) is 2.19. The van der Waals surface area contributed by atoms with E-state index < -0.39 is 12.2 Å². The van der Waals surface area contributed by atoms with Gasteiger partial charge in [0.15, 0.2) is 0 Å². The summed E-state index contributed by atoms with van der Waals surface area (Å²) in [6.45, 7) is 6.91. The Hall–Kier alpha value is -0.640. The molecule has 1 aliphatic heterocycles. The van der Waals surface area contributed by atoms with Crippen molar-refractivity contribution in [3.05, 3.63) is 23.3 Å². The molecule has 1 saturated carbocycles. The topological polar surface area (TPSA) is 53.0 Å². The van der Waals surface area contributed by atoms with Crippen LogP contribution in [0.5, 0.6) is 0 Å². The molecule has 1 aliphatic carbocycles. The fraction of sp³-hybridized carbons (Fsp3) is 0.733. The van der Waals surface area contributed by atoms with E-state index in [1.54, 1.807) is 0 Å². The van der Waals surface area contributed by atoms with Crippen LogP contribution in [0.1, 0.15) is 40.0 Å². The van der Waals surface area contributed by atoms with Gasteiger partial charge in [-0.15, -0.1) is 0 Å². The highest BCUT2D eigenvalue weighted by Crippen LogP contribution is 2.49. The number of epoxide rings is 1. The standard InChI is InChI=1S/C15H24O3/c1-10(2)5-4-6-11(3)13-14(17)12(16)7-8-15(13)9-18-15/h5-6,12-14,16-17H,4,7-9H2,1-3H3/b11-6+/t12-,13+,14-,15+/m1/s1. The van der Waals surface area contributed by atoms with E-state index in [1.807, 2.05) is 6.92 Å². The molecule has 2 rings (SSSR count). The first-order valence-electron chi connectivity index (χ1n) is 6.76. The summed E-state index contributed by atoms with van der Waals surface area (Å²) < 4.78 is 5.59. The number of aliphatic hydroxyl groups is 2. The molecule has 1 saturated heterocycles. The Morgan fingerprint density at radius 1 is 1.28 bits per heavy atom. The highest BCUT2D eigenvalue weighted by molar-refractivity contribution is 5.21. The molecule has 3 nitrogen and oxygen atoms in total. The summed E-state index contributed by atoms with van der Waals surface area (Å²) in [5.74, 6) is -0.0492. The molecule has 0 amide bonds. The van der Waals surface area contributed by atoms with E-state index in [1.165, 1.54) is 5.57 Å². The van der Waals surface area contributed by atoms with E-state index in [0.29, 0.717) is 6.42 Å². The summed E-state index contributed by atoms with van der Waals surface area (Å²) in [4.78, 5) is 0. The monoisotopic (exact) mass is 252 g/mol. The minimum atomic E-state index is -0.691. The second kappa shape index (κ2) is 5.16. The van der Waals surface area contributed by atoms with Crippen LogP contribution in [-0.2, 0) is 4.74 Å². The summed E-state index contributed by atoms with van der Waals surface area (Å²) in [7, 11) is 0. The number of ether oxygens (including phenoxy) is 1. The molecular weight excluding hydrogens is 228 g/mol. The average molecular weight is 252 g/mol. The van der Waals surface area contributed by atoms with E-state index in [4.69, 9.17) is 4.74 Å². The van der Waals surface area contributed by atoms with Crippen molar-refractivity contribution in [3.63, 3.8) is 0 Å². The minimum Gasteiger partial charge on any atom is -0.390 e. The van der Waals surface area contributed by atoms with E-state index in [9.17, 15) is 10.2 Å². The van der Waals surface area contributed by atoms with Crippen LogP contribution in [0.15, 0.2) is 23.3 Å². The van der Waals surface area contributed by atoms with Gasteiger partial charge in [-0.25, -0.2) is 0 Å². The lowest BCUT2D eigenvalue weighted by atomic mass is 9.72. The fourth-order valence-corrected chi connectivity index (χ4v) is 2.96. The van der Waals surface area contributed by atoms with Gasteiger partial charge in [-0.3, -0.25) is 0 Å². The first kappa shape index (κ1) is 13.8. The lowest BCUT2D eigenvalue weighted by Gasteiger charge is -2.37. The van der Waals surface area contributed by atoms with Crippen LogP contribution in [0, 0.1) is 5.92 Å². The van der Waals surface area contributed by atoms with Gasteiger partial charge in [-0.1, -0.05) is 23.3 Å². The van der Waals surface area contributed by atoms with Crippen molar-refractivity contribution in [2.24, 2.45) is 5.92 Å². The maximum atomic E-state index is 10.2. The Kier molecular flexibility index (Phi) is 3.95. The quantitative estimate of drug-likeness (QED) is 0.598. The molecule has 0 bridgehead atoms. The van der Waals surface area contributed by atoms with Crippen molar-refractivity contribution < 1.29 is 14.9 Å². The van der Waals surface area contributed by atoms with Gasteiger partial charge in [0.25, 0.3) is 0 Å². The van der Waals surface area contributed by atoms with Gasteiger partial charge in [0.05, 0.1) is 18.8 Å². The van der Waals surface area contributed by atoms with Crippen molar-refractivity contribution in [2.45, 2.75) is 57.8 Å². The lowest BCUT2D eigenvalue weighted by molar-refractivity contribution is -0.0636. The molecule has 0 unspecified atom stereocenters. The molecule has 0 aromatic carbocycles. The van der Waals surface area contributed by atoms with E-state index >= 15 is 0 Å². The molecule has 0 radical (unpaired) electrons. The van der Waals surface area contributed by atoms with Crippen LogP contribution < -0.4 is 0 Å². The SMILES string of the molecule is CC(C)=CC/C=C(\C)[C@H]1[C@H](O)[C@H](O)CC[C@]12CO2. The zero-order valence-electron chi connectivity index (χ0n) is 11.5. The van der Waals surface area contributed by atoms with Crippen LogP contribution in [0.25, 0.3) is 0 Å². The number of aliphatic hydroxyl groups excluding tert-OH is 2. The molecule has 2 N–H and O–H groups in total. The van der Waals surface area contributed by atoms with Gasteiger partial charge in [-0.2, -0.15) is 0 Å². The van der Waals surface area contributed by atoms with E-state index in [0.717, 1.165) is 25.0 Å². The number of allylic oxidation sites excluding steroid dienone is 3. The average Bonchev–Trinajstić information content (AvgIpc) is 3.05. The largest absolute Gasteiger partial charge is 0.390 e. The summed E-state index contributed by atoms with van der Waals surface area (Å²) in [6.07, 6.45) is 5.37. The van der Waals surface area contributed by atoms with Crippen LogP contribution >= 0.6 is 0 Å². The maximum Gasteiger partial charge on any atom is 0.101 e. The molecule has 0 aromatic rings. The summed E-state index contributed by atoms with van der Waals surface area (Å²) in [6, 6.07) is 0. The molecule has 1 spiro atoms. The smallest absolute Gasteiger partial charge is 0.101 e. The van der Waals surface area contributed by atoms with Gasteiger partial charge < -0.3 is 14.9 Å². The molecule has 102 valence electrons. The Labute approximate surface area is 109 Å². The zero-order chi connectivity index (χ0) is 13.3. The molecule has 18 heavy (non-hydrogen) atoms. The zero-order valence-corrected chi connectivity index (χ0v) is 11.5. The number of hydrogen-bond acceptors (Lipinski definition) is 3. The Morgan fingerprint density at radius 3 is 2.50 bits per heavy atom. The highest BCUT2D eigenvalue weighted by Gasteiger charge is 2.58. The Morgan fingerprint density at radius 2 is 1.94 bits per heavy atom. The van der Waals surface area contributed by atoms with Gasteiger partial charge in [-0.05, 0) is 40.0 Å². The second-order valence-electron chi connectivity index (χ2n) is 5.89. The molecular formula is C15H24O3. The van der Waals surface area contributed by atoms with E-state index in [-0.39, 0.29) is 11.5 Å². The van der Waals surface area contributed by atoms with Gasteiger partial charge in [0.2, 0.25) is 0 Å². The van der Waals surface area contributed by atoms with Crippen molar-refractivity contribution in [1.82, 2.24) is 0 Å².